The highest BCUT2D eigenvalue weighted by atomic mass is 16.3. The molecule has 23 heavy (non-hydrogen) atoms. The maximum atomic E-state index is 12.4. The first-order chi connectivity index (χ1) is 10.9. The summed E-state index contributed by atoms with van der Waals surface area (Å²) < 4.78 is 0. The Balaban J connectivity index is 1.82. The number of aliphatic hydroxyl groups is 1. The molecule has 1 atom stereocenters. The van der Waals surface area contributed by atoms with Gasteiger partial charge in [-0.3, -0.25) is 4.79 Å². The van der Waals surface area contributed by atoms with Crippen LogP contribution in [0, 0.1) is 12.8 Å². The zero-order valence-electron chi connectivity index (χ0n) is 14.8. The lowest BCUT2D eigenvalue weighted by molar-refractivity contribution is -0.137. The van der Waals surface area contributed by atoms with Crippen molar-refractivity contribution in [1.29, 1.82) is 0 Å². The maximum absolute atomic E-state index is 12.4. The molecular formula is C19H30N2O2. The Morgan fingerprint density at radius 1 is 1.26 bits per heavy atom. The molecule has 0 saturated carbocycles. The second-order valence-corrected chi connectivity index (χ2v) is 7.04. The minimum absolute atomic E-state index is 0.134. The van der Waals surface area contributed by atoms with Crippen molar-refractivity contribution in [2.75, 3.05) is 26.7 Å². The molecule has 0 bridgehead atoms. The summed E-state index contributed by atoms with van der Waals surface area (Å²) in [5, 5.41) is 10.4. The van der Waals surface area contributed by atoms with E-state index in [1.54, 1.807) is 0 Å². The van der Waals surface area contributed by atoms with Crippen molar-refractivity contribution in [3.63, 3.8) is 0 Å². The number of carbonyl (C=O) groups is 1. The van der Waals surface area contributed by atoms with E-state index in [-0.39, 0.29) is 17.9 Å². The average Bonchev–Trinajstić information content (AvgIpc) is 2.54. The lowest BCUT2D eigenvalue weighted by Gasteiger charge is -2.35. The van der Waals surface area contributed by atoms with Crippen LogP contribution in [0.2, 0.25) is 0 Å². The van der Waals surface area contributed by atoms with Gasteiger partial charge in [-0.05, 0) is 52.3 Å². The molecule has 4 heteroatoms. The first-order valence-corrected chi connectivity index (χ1v) is 8.62. The molecule has 1 unspecified atom stereocenters. The Bertz CT molecular complexity index is 505. The highest BCUT2D eigenvalue weighted by Crippen LogP contribution is 2.22. The van der Waals surface area contributed by atoms with Gasteiger partial charge in [-0.2, -0.15) is 0 Å². The number of nitrogens with zero attached hydrogens (tertiary/aromatic N) is 2. The van der Waals surface area contributed by atoms with Gasteiger partial charge in [0.1, 0.15) is 0 Å². The predicted molar refractivity (Wildman–Crippen MR) is 93.2 cm³/mol. The van der Waals surface area contributed by atoms with E-state index in [1.165, 1.54) is 5.56 Å². The van der Waals surface area contributed by atoms with Gasteiger partial charge in [0.25, 0.3) is 0 Å². The highest BCUT2D eigenvalue weighted by molar-refractivity contribution is 5.78. The molecular weight excluding hydrogens is 288 g/mol. The molecule has 1 aromatic carbocycles. The maximum Gasteiger partial charge on any atom is 0.225 e. The first kappa shape index (κ1) is 18.0. The van der Waals surface area contributed by atoms with Crippen molar-refractivity contribution < 1.29 is 9.90 Å². The number of piperidine rings is 1. The number of amides is 1. The fourth-order valence-electron chi connectivity index (χ4n) is 3.04. The molecule has 1 amide bonds. The number of hydrogen-bond donors (Lipinski definition) is 1. The van der Waals surface area contributed by atoms with Crippen molar-refractivity contribution in [3.05, 3.63) is 35.4 Å². The smallest absolute Gasteiger partial charge is 0.225 e. The molecule has 0 radical (unpaired) electrons. The van der Waals surface area contributed by atoms with Crippen LogP contribution in [-0.2, 0) is 4.79 Å². The number of likely N-dealkylation sites (tertiary alicyclic amines) is 1. The van der Waals surface area contributed by atoms with Crippen molar-refractivity contribution in [1.82, 2.24) is 9.80 Å². The van der Waals surface area contributed by atoms with E-state index in [0.717, 1.165) is 31.5 Å². The summed E-state index contributed by atoms with van der Waals surface area (Å²) in [6.07, 6.45) is 1.31. The largest absolute Gasteiger partial charge is 0.387 e. The van der Waals surface area contributed by atoms with Crippen LogP contribution in [-0.4, -0.2) is 53.5 Å². The zero-order valence-corrected chi connectivity index (χ0v) is 14.8. The minimum atomic E-state index is -0.457. The van der Waals surface area contributed by atoms with E-state index >= 15 is 0 Å². The normalized spacial score (nSPS) is 18.2. The molecule has 1 fully saturated rings. The van der Waals surface area contributed by atoms with Gasteiger partial charge in [-0.25, -0.2) is 0 Å². The third kappa shape index (κ3) is 4.79. The molecule has 1 aromatic rings. The number of benzene rings is 1. The monoisotopic (exact) mass is 318 g/mol. The van der Waals surface area contributed by atoms with E-state index < -0.39 is 6.10 Å². The molecule has 0 aromatic heterocycles. The van der Waals surface area contributed by atoms with Gasteiger partial charge in [-0.1, -0.05) is 29.8 Å². The summed E-state index contributed by atoms with van der Waals surface area (Å²) in [5.74, 6) is 0.397. The van der Waals surface area contributed by atoms with Crippen LogP contribution in [0.15, 0.2) is 24.3 Å². The van der Waals surface area contributed by atoms with E-state index in [0.29, 0.717) is 6.54 Å². The van der Waals surface area contributed by atoms with Gasteiger partial charge in [0.2, 0.25) is 5.91 Å². The predicted octanol–water partition coefficient (Wildman–Crippen LogP) is 2.61. The third-order valence-electron chi connectivity index (χ3n) is 4.95. The van der Waals surface area contributed by atoms with Crippen LogP contribution in [0.1, 0.15) is 43.9 Å². The quantitative estimate of drug-likeness (QED) is 0.907. The van der Waals surface area contributed by atoms with E-state index in [2.05, 4.69) is 4.90 Å². The number of hydrogen-bond acceptors (Lipinski definition) is 3. The van der Waals surface area contributed by atoms with E-state index in [4.69, 9.17) is 0 Å². The summed E-state index contributed by atoms with van der Waals surface area (Å²) in [6.45, 7) is 8.54. The fourth-order valence-corrected chi connectivity index (χ4v) is 3.04. The molecule has 1 heterocycles. The number of rotatable bonds is 5. The number of β-amino-alcohol motifs (C(OH)–C–C–N with tert-alkyl or cyclic N) is 1. The number of carbonyl (C=O) groups excluding carboxylic acids is 1. The van der Waals surface area contributed by atoms with Gasteiger partial charge in [0, 0.05) is 25.6 Å². The summed E-state index contributed by atoms with van der Waals surface area (Å²) in [6, 6.07) is 8.31. The lowest BCUT2D eigenvalue weighted by atomic mass is 9.94. The van der Waals surface area contributed by atoms with Crippen LogP contribution in [0.25, 0.3) is 0 Å². The molecule has 0 spiro atoms. The van der Waals surface area contributed by atoms with Crippen LogP contribution in [0.3, 0.4) is 0 Å². The molecule has 1 saturated heterocycles. The Morgan fingerprint density at radius 2 is 1.83 bits per heavy atom. The topological polar surface area (TPSA) is 43.8 Å². The van der Waals surface area contributed by atoms with Gasteiger partial charge < -0.3 is 14.9 Å². The first-order valence-electron chi connectivity index (χ1n) is 8.62. The molecule has 0 aliphatic carbocycles. The highest BCUT2D eigenvalue weighted by Gasteiger charge is 2.28. The van der Waals surface area contributed by atoms with Gasteiger partial charge in [0.05, 0.1) is 6.10 Å². The Labute approximate surface area is 140 Å². The van der Waals surface area contributed by atoms with Crippen LogP contribution < -0.4 is 0 Å². The lowest BCUT2D eigenvalue weighted by Crippen LogP contribution is -2.44. The van der Waals surface area contributed by atoms with Crippen LogP contribution >= 0.6 is 0 Å². The van der Waals surface area contributed by atoms with Gasteiger partial charge in [-0.15, -0.1) is 0 Å². The van der Waals surface area contributed by atoms with Crippen LogP contribution in [0.4, 0.5) is 0 Å². The molecule has 2 rings (SSSR count). The van der Waals surface area contributed by atoms with E-state index in [1.807, 2.05) is 57.0 Å². The van der Waals surface area contributed by atoms with Crippen molar-refractivity contribution in [2.24, 2.45) is 5.92 Å². The number of aryl methyl sites for hydroxylation is 1. The Hall–Kier alpha value is -1.39. The van der Waals surface area contributed by atoms with Crippen molar-refractivity contribution in [2.45, 2.75) is 45.8 Å². The molecule has 128 valence electrons. The molecule has 1 aliphatic rings. The van der Waals surface area contributed by atoms with Crippen LogP contribution in [0.5, 0.6) is 0 Å². The molecule has 1 N–H and O–H groups in total. The average molecular weight is 318 g/mol. The summed E-state index contributed by atoms with van der Waals surface area (Å²) in [5.41, 5.74) is 2.17. The SMILES string of the molecule is Cc1ccc(C(O)CN2CCC(C(=O)N(C)C(C)C)CC2)cc1. The Kier molecular flexibility index (Phi) is 6.19. The second kappa shape index (κ2) is 7.93. The molecule has 1 aliphatic heterocycles. The van der Waals surface area contributed by atoms with Gasteiger partial charge in [0.15, 0.2) is 0 Å². The fraction of sp³-hybridized carbons (Fsp3) is 0.632. The molecule has 4 nitrogen and oxygen atoms in total. The van der Waals surface area contributed by atoms with E-state index in [9.17, 15) is 9.90 Å². The third-order valence-corrected chi connectivity index (χ3v) is 4.95. The summed E-state index contributed by atoms with van der Waals surface area (Å²) >= 11 is 0. The van der Waals surface area contributed by atoms with Crippen molar-refractivity contribution in [3.8, 4) is 0 Å². The van der Waals surface area contributed by atoms with Gasteiger partial charge >= 0.3 is 0 Å². The zero-order chi connectivity index (χ0) is 17.0. The number of aliphatic hydroxyl groups excluding tert-OH is 1. The minimum Gasteiger partial charge on any atom is -0.387 e. The summed E-state index contributed by atoms with van der Waals surface area (Å²) in [7, 11) is 1.89. The standard InChI is InChI=1S/C19H30N2O2/c1-14(2)20(4)19(23)17-9-11-21(12-10-17)13-18(22)16-7-5-15(3)6-8-16/h5-8,14,17-18,22H,9-13H2,1-4H3. The second-order valence-electron chi connectivity index (χ2n) is 7.04. The summed E-state index contributed by atoms with van der Waals surface area (Å²) in [4.78, 5) is 16.5. The van der Waals surface area contributed by atoms with Crippen molar-refractivity contribution >= 4 is 5.91 Å². The Morgan fingerprint density at radius 3 is 2.35 bits per heavy atom.